The number of aliphatic hydroxyl groups excluding tert-OH is 1. The van der Waals surface area contributed by atoms with E-state index in [2.05, 4.69) is 18.7 Å². The number of Topliss-reactive ketones (excluding diaryl/α,β-unsaturated/α-hetero) is 1. The summed E-state index contributed by atoms with van der Waals surface area (Å²) in [6, 6.07) is 12.2. The van der Waals surface area contributed by atoms with E-state index in [-0.39, 0.29) is 11.3 Å². The fourth-order valence-electron chi connectivity index (χ4n) is 4.95. The van der Waals surface area contributed by atoms with E-state index in [0.717, 1.165) is 30.8 Å². The van der Waals surface area contributed by atoms with Gasteiger partial charge in [0, 0.05) is 31.7 Å². The van der Waals surface area contributed by atoms with Crippen molar-refractivity contribution in [3.63, 3.8) is 0 Å². The molecule has 0 radical (unpaired) electrons. The second-order valence-corrected chi connectivity index (χ2v) is 9.69. The average molecular weight is 509 g/mol. The summed E-state index contributed by atoms with van der Waals surface area (Å²) in [6.45, 7) is 8.57. The molecule has 0 aliphatic carbocycles. The largest absolute Gasteiger partial charge is 0.507 e. The van der Waals surface area contributed by atoms with E-state index in [4.69, 9.17) is 14.2 Å². The van der Waals surface area contributed by atoms with Crippen molar-refractivity contribution >= 4 is 17.4 Å². The molecule has 2 aromatic carbocycles. The maximum absolute atomic E-state index is 13.3. The number of aliphatic hydroxyl groups is 1. The Morgan fingerprint density at radius 1 is 1.00 bits per heavy atom. The summed E-state index contributed by atoms with van der Waals surface area (Å²) < 4.78 is 16.1. The third-order valence-corrected chi connectivity index (χ3v) is 7.09. The Morgan fingerprint density at radius 2 is 1.68 bits per heavy atom. The monoisotopic (exact) mass is 508 g/mol. The molecule has 0 unspecified atom stereocenters. The van der Waals surface area contributed by atoms with Gasteiger partial charge >= 0.3 is 0 Å². The van der Waals surface area contributed by atoms with Crippen molar-refractivity contribution in [3.05, 3.63) is 64.7 Å². The fraction of sp³-hybridized carbons (Fsp3) is 0.448. The van der Waals surface area contributed by atoms with Crippen LogP contribution in [-0.2, 0) is 14.3 Å². The number of morpholine rings is 1. The van der Waals surface area contributed by atoms with Gasteiger partial charge in [0.25, 0.3) is 11.7 Å². The molecule has 2 fully saturated rings. The molecule has 37 heavy (non-hydrogen) atoms. The molecule has 2 heterocycles. The van der Waals surface area contributed by atoms with Gasteiger partial charge in [-0.2, -0.15) is 0 Å². The number of likely N-dealkylation sites (tertiary alicyclic amines) is 1. The lowest BCUT2D eigenvalue weighted by molar-refractivity contribution is -0.140. The number of benzene rings is 2. The summed E-state index contributed by atoms with van der Waals surface area (Å²) >= 11 is 0. The molecule has 4 rings (SSSR count). The summed E-state index contributed by atoms with van der Waals surface area (Å²) in [4.78, 5) is 30.5. The van der Waals surface area contributed by atoms with Gasteiger partial charge in [-0.1, -0.05) is 38.1 Å². The average Bonchev–Trinajstić information content (AvgIpc) is 3.18. The van der Waals surface area contributed by atoms with Crippen LogP contribution in [0.5, 0.6) is 11.5 Å². The molecule has 198 valence electrons. The summed E-state index contributed by atoms with van der Waals surface area (Å²) in [6.07, 6.45) is 0.712. The smallest absolute Gasteiger partial charge is 0.295 e. The van der Waals surface area contributed by atoms with E-state index >= 15 is 0 Å². The minimum atomic E-state index is -0.684. The standard InChI is InChI=1S/C29H36N2O6/c1-19(2)20-6-8-21(9-7-20)26-25(27(32)22-10-11-23(35-3)24(18-22)36-4)28(33)29(34)31(26)13-5-12-30-14-16-37-17-15-30/h6-11,18-19,26,32H,5,12-17H2,1-4H3/b27-25+/t26-/m1/s1. The van der Waals surface area contributed by atoms with E-state index in [1.54, 1.807) is 23.1 Å². The molecule has 2 aliphatic heterocycles. The predicted octanol–water partition coefficient (Wildman–Crippen LogP) is 3.97. The van der Waals surface area contributed by atoms with Gasteiger partial charge in [0.15, 0.2) is 11.5 Å². The van der Waals surface area contributed by atoms with Crippen molar-refractivity contribution in [2.75, 3.05) is 53.6 Å². The fourth-order valence-corrected chi connectivity index (χ4v) is 4.95. The Bertz CT molecular complexity index is 1150. The molecular formula is C29H36N2O6. The Kier molecular flexibility index (Phi) is 8.51. The van der Waals surface area contributed by atoms with Crippen LogP contribution in [0.3, 0.4) is 0 Å². The van der Waals surface area contributed by atoms with Crippen molar-refractivity contribution in [2.45, 2.75) is 32.2 Å². The van der Waals surface area contributed by atoms with Crippen molar-refractivity contribution < 1.29 is 28.9 Å². The second kappa shape index (κ2) is 11.8. The third-order valence-electron chi connectivity index (χ3n) is 7.09. The first kappa shape index (κ1) is 26.7. The lowest BCUT2D eigenvalue weighted by Crippen LogP contribution is -2.38. The van der Waals surface area contributed by atoms with Crippen molar-refractivity contribution in [1.29, 1.82) is 0 Å². The number of amides is 1. The quantitative estimate of drug-likeness (QED) is 0.312. The number of ether oxygens (including phenoxy) is 3. The molecular weight excluding hydrogens is 472 g/mol. The van der Waals surface area contributed by atoms with Crippen molar-refractivity contribution in [2.24, 2.45) is 0 Å². The highest BCUT2D eigenvalue weighted by Gasteiger charge is 2.45. The van der Waals surface area contributed by atoms with Crippen molar-refractivity contribution in [1.82, 2.24) is 9.80 Å². The molecule has 8 heteroatoms. The zero-order valence-corrected chi connectivity index (χ0v) is 22.0. The summed E-state index contributed by atoms with van der Waals surface area (Å²) in [7, 11) is 3.03. The topological polar surface area (TPSA) is 88.5 Å². The Balaban J connectivity index is 1.71. The molecule has 1 atom stereocenters. The molecule has 1 amide bonds. The Labute approximate surface area is 218 Å². The number of hydrogen-bond acceptors (Lipinski definition) is 7. The summed E-state index contributed by atoms with van der Waals surface area (Å²) in [5.74, 6) is -0.236. The van der Waals surface area contributed by atoms with Crippen LogP contribution in [0.1, 0.15) is 48.9 Å². The number of carbonyl (C=O) groups is 2. The summed E-state index contributed by atoms with van der Waals surface area (Å²) in [5.41, 5.74) is 2.42. The van der Waals surface area contributed by atoms with Crippen LogP contribution in [0.15, 0.2) is 48.0 Å². The highest BCUT2D eigenvalue weighted by Crippen LogP contribution is 2.41. The van der Waals surface area contributed by atoms with Gasteiger partial charge in [-0.05, 0) is 41.7 Å². The third kappa shape index (κ3) is 5.65. The normalized spacial score (nSPS) is 20.0. The van der Waals surface area contributed by atoms with Gasteiger partial charge in [0.1, 0.15) is 5.76 Å². The van der Waals surface area contributed by atoms with E-state index in [1.165, 1.54) is 14.2 Å². The number of nitrogens with zero attached hydrogens (tertiary/aromatic N) is 2. The highest BCUT2D eigenvalue weighted by molar-refractivity contribution is 6.46. The first-order chi connectivity index (χ1) is 17.8. The zero-order valence-electron chi connectivity index (χ0n) is 22.0. The highest BCUT2D eigenvalue weighted by atomic mass is 16.5. The van der Waals surface area contributed by atoms with Gasteiger partial charge in [0.2, 0.25) is 0 Å². The minimum Gasteiger partial charge on any atom is -0.507 e. The van der Waals surface area contributed by atoms with Crippen LogP contribution >= 0.6 is 0 Å². The van der Waals surface area contributed by atoms with Crippen LogP contribution < -0.4 is 9.47 Å². The van der Waals surface area contributed by atoms with Crippen LogP contribution in [0.25, 0.3) is 5.76 Å². The molecule has 2 aromatic rings. The van der Waals surface area contributed by atoms with E-state index in [9.17, 15) is 14.7 Å². The van der Waals surface area contributed by atoms with Gasteiger partial charge in [-0.15, -0.1) is 0 Å². The number of hydrogen-bond donors (Lipinski definition) is 1. The molecule has 1 N–H and O–H groups in total. The van der Waals surface area contributed by atoms with Gasteiger partial charge < -0.3 is 24.2 Å². The molecule has 8 nitrogen and oxygen atoms in total. The lowest BCUT2D eigenvalue weighted by Gasteiger charge is -2.29. The molecule has 0 saturated carbocycles. The van der Waals surface area contributed by atoms with Crippen molar-refractivity contribution in [3.8, 4) is 11.5 Å². The number of rotatable bonds is 9. The maximum atomic E-state index is 13.3. The molecule has 2 aliphatic rings. The SMILES string of the molecule is COc1ccc(/C(O)=C2\C(=O)C(=O)N(CCCN3CCOCC3)[C@@H]2c2ccc(C(C)C)cc2)cc1OC. The van der Waals surface area contributed by atoms with E-state index in [0.29, 0.717) is 49.2 Å². The lowest BCUT2D eigenvalue weighted by atomic mass is 9.93. The van der Waals surface area contributed by atoms with Crippen LogP contribution in [0.4, 0.5) is 0 Å². The van der Waals surface area contributed by atoms with Gasteiger partial charge in [-0.3, -0.25) is 14.5 Å². The minimum absolute atomic E-state index is 0.0842. The molecule has 0 bridgehead atoms. The van der Waals surface area contributed by atoms with E-state index < -0.39 is 17.7 Å². The molecule has 0 spiro atoms. The first-order valence-corrected chi connectivity index (χ1v) is 12.8. The Hall–Kier alpha value is -3.36. The van der Waals surface area contributed by atoms with Crippen LogP contribution in [0, 0.1) is 0 Å². The molecule has 0 aromatic heterocycles. The van der Waals surface area contributed by atoms with Gasteiger partial charge in [-0.25, -0.2) is 0 Å². The van der Waals surface area contributed by atoms with Crippen LogP contribution in [-0.4, -0.2) is 80.2 Å². The zero-order chi connectivity index (χ0) is 26.5. The van der Waals surface area contributed by atoms with E-state index in [1.807, 2.05) is 24.3 Å². The number of methoxy groups -OCH3 is 2. The summed E-state index contributed by atoms with van der Waals surface area (Å²) in [5, 5.41) is 11.4. The van der Waals surface area contributed by atoms with Crippen LogP contribution in [0.2, 0.25) is 0 Å². The number of ketones is 1. The Morgan fingerprint density at radius 3 is 2.30 bits per heavy atom. The van der Waals surface area contributed by atoms with Gasteiger partial charge in [0.05, 0.1) is 39.0 Å². The number of carbonyl (C=O) groups excluding carboxylic acids is 2. The second-order valence-electron chi connectivity index (χ2n) is 9.69. The first-order valence-electron chi connectivity index (χ1n) is 12.8. The molecule has 2 saturated heterocycles. The predicted molar refractivity (Wildman–Crippen MR) is 141 cm³/mol. The maximum Gasteiger partial charge on any atom is 0.295 e.